The van der Waals surface area contributed by atoms with Crippen molar-refractivity contribution in [3.63, 3.8) is 0 Å². The zero-order valence-electron chi connectivity index (χ0n) is 15.6. The predicted molar refractivity (Wildman–Crippen MR) is 103 cm³/mol. The van der Waals surface area contributed by atoms with Gasteiger partial charge >= 0.3 is 5.69 Å². The summed E-state index contributed by atoms with van der Waals surface area (Å²) in [5.41, 5.74) is 6.00. The summed E-state index contributed by atoms with van der Waals surface area (Å²) in [5, 5.41) is 0. The number of carbonyl (C=O) groups is 1. The summed E-state index contributed by atoms with van der Waals surface area (Å²) in [5.74, 6) is 0.0435. The fraction of sp³-hybridized carbons (Fsp3) is 0.450. The number of rotatable bonds is 5. The number of hydrogen-bond donors (Lipinski definition) is 1. The number of piperidine rings is 1. The molecule has 27 heavy (non-hydrogen) atoms. The first-order valence-electron chi connectivity index (χ1n) is 9.33. The molecule has 144 valence electrons. The van der Waals surface area contributed by atoms with Crippen LogP contribution in [0.1, 0.15) is 25.3 Å². The Morgan fingerprint density at radius 1 is 1.22 bits per heavy atom. The summed E-state index contributed by atoms with van der Waals surface area (Å²) < 4.78 is 2.46. The number of aromatic nitrogens is 2. The highest BCUT2D eigenvalue weighted by Crippen LogP contribution is 2.18. The number of hydrogen-bond acceptors (Lipinski definition) is 4. The van der Waals surface area contributed by atoms with Crippen molar-refractivity contribution in [3.8, 4) is 0 Å². The third kappa shape index (κ3) is 4.54. The third-order valence-corrected chi connectivity index (χ3v) is 5.18. The molecule has 2 unspecified atom stereocenters. The van der Waals surface area contributed by atoms with Crippen LogP contribution < -0.4 is 17.0 Å². The Morgan fingerprint density at radius 2 is 1.96 bits per heavy atom. The van der Waals surface area contributed by atoms with Crippen molar-refractivity contribution < 1.29 is 4.79 Å². The van der Waals surface area contributed by atoms with E-state index in [1.54, 1.807) is 4.90 Å². The molecule has 1 aromatic heterocycles. The molecule has 1 fully saturated rings. The van der Waals surface area contributed by atoms with E-state index in [0.29, 0.717) is 19.6 Å². The van der Waals surface area contributed by atoms with E-state index >= 15 is 0 Å². The number of benzene rings is 1. The van der Waals surface area contributed by atoms with Crippen molar-refractivity contribution in [1.82, 2.24) is 14.0 Å². The average Bonchev–Trinajstić information content (AvgIpc) is 2.68. The molecule has 2 aromatic rings. The van der Waals surface area contributed by atoms with E-state index in [9.17, 15) is 14.4 Å². The highest BCUT2D eigenvalue weighted by atomic mass is 16.2. The number of amides is 1. The summed E-state index contributed by atoms with van der Waals surface area (Å²) >= 11 is 0. The van der Waals surface area contributed by atoms with Crippen molar-refractivity contribution in [1.29, 1.82) is 0 Å². The van der Waals surface area contributed by atoms with Gasteiger partial charge < -0.3 is 10.6 Å². The van der Waals surface area contributed by atoms with Gasteiger partial charge in [-0.2, -0.15) is 0 Å². The van der Waals surface area contributed by atoms with Crippen LogP contribution in [0.3, 0.4) is 0 Å². The molecule has 0 radical (unpaired) electrons. The van der Waals surface area contributed by atoms with Gasteiger partial charge in [0.25, 0.3) is 5.56 Å². The first-order chi connectivity index (χ1) is 13.0. The molecule has 7 nitrogen and oxygen atoms in total. The van der Waals surface area contributed by atoms with Crippen molar-refractivity contribution in [2.24, 2.45) is 11.7 Å². The van der Waals surface area contributed by atoms with Gasteiger partial charge in [0.1, 0.15) is 6.54 Å². The molecule has 1 saturated heterocycles. The van der Waals surface area contributed by atoms with Gasteiger partial charge in [-0.15, -0.1) is 0 Å². The second-order valence-electron chi connectivity index (χ2n) is 7.24. The first-order valence-corrected chi connectivity index (χ1v) is 9.33. The molecule has 2 atom stereocenters. The van der Waals surface area contributed by atoms with Gasteiger partial charge in [0.2, 0.25) is 5.91 Å². The van der Waals surface area contributed by atoms with Crippen LogP contribution in [0.15, 0.2) is 52.2 Å². The lowest BCUT2D eigenvalue weighted by molar-refractivity contribution is -0.133. The lowest BCUT2D eigenvalue weighted by Gasteiger charge is -2.34. The fourth-order valence-electron chi connectivity index (χ4n) is 3.50. The van der Waals surface area contributed by atoms with Gasteiger partial charge in [0.15, 0.2) is 0 Å². The van der Waals surface area contributed by atoms with E-state index in [2.05, 4.69) is 0 Å². The Bertz CT molecular complexity index is 901. The third-order valence-electron chi connectivity index (χ3n) is 5.18. The normalized spacial score (nSPS) is 18.3. The molecule has 1 aliphatic heterocycles. The molecule has 1 aliphatic rings. The highest BCUT2D eigenvalue weighted by Gasteiger charge is 2.26. The lowest BCUT2D eigenvalue weighted by Crippen LogP contribution is -2.49. The Kier molecular flexibility index (Phi) is 5.91. The topological polar surface area (TPSA) is 90.3 Å². The summed E-state index contributed by atoms with van der Waals surface area (Å²) in [6, 6.07) is 10.9. The van der Waals surface area contributed by atoms with E-state index in [1.165, 1.54) is 16.8 Å². The number of likely N-dealkylation sites (tertiary alicyclic amines) is 1. The van der Waals surface area contributed by atoms with Crippen LogP contribution in [0.2, 0.25) is 0 Å². The van der Waals surface area contributed by atoms with Gasteiger partial charge in [-0.3, -0.25) is 18.7 Å². The van der Waals surface area contributed by atoms with Crippen molar-refractivity contribution in [2.45, 2.75) is 38.9 Å². The molecular weight excluding hydrogens is 344 g/mol. The molecule has 1 amide bonds. The van der Waals surface area contributed by atoms with Crippen LogP contribution in [0.5, 0.6) is 0 Å². The molecular formula is C20H26N4O3. The standard InChI is InChI=1S/C20H26N4O3/c1-15(21)17-8-5-10-22(13-17)19(26)14-24-18(25)9-11-23(20(24)27)12-16-6-3-2-4-7-16/h2-4,6-7,9,11,15,17H,5,8,10,12-14,21H2,1H3. The van der Waals surface area contributed by atoms with E-state index in [-0.39, 0.29) is 24.4 Å². The Labute approximate surface area is 158 Å². The Hall–Kier alpha value is -2.67. The highest BCUT2D eigenvalue weighted by molar-refractivity contribution is 5.76. The van der Waals surface area contributed by atoms with Gasteiger partial charge in [-0.1, -0.05) is 30.3 Å². The minimum Gasteiger partial charge on any atom is -0.341 e. The zero-order valence-corrected chi connectivity index (χ0v) is 15.6. The number of carbonyl (C=O) groups excluding carboxylic acids is 1. The molecule has 2 heterocycles. The van der Waals surface area contributed by atoms with Crippen LogP contribution in [0.4, 0.5) is 0 Å². The number of nitrogens with two attached hydrogens (primary N) is 1. The summed E-state index contributed by atoms with van der Waals surface area (Å²) in [6.45, 7) is 3.28. The Balaban J connectivity index is 1.78. The minimum absolute atomic E-state index is 0.0168. The quantitative estimate of drug-likeness (QED) is 0.836. The van der Waals surface area contributed by atoms with Crippen LogP contribution >= 0.6 is 0 Å². The van der Waals surface area contributed by atoms with Crippen LogP contribution in [0.25, 0.3) is 0 Å². The van der Waals surface area contributed by atoms with Gasteiger partial charge in [0, 0.05) is 31.4 Å². The van der Waals surface area contributed by atoms with Crippen LogP contribution in [0, 0.1) is 5.92 Å². The molecule has 7 heteroatoms. The van der Waals surface area contributed by atoms with E-state index in [4.69, 9.17) is 5.73 Å². The van der Waals surface area contributed by atoms with Gasteiger partial charge in [-0.25, -0.2) is 4.79 Å². The molecule has 0 spiro atoms. The summed E-state index contributed by atoms with van der Waals surface area (Å²) in [7, 11) is 0. The molecule has 0 aliphatic carbocycles. The largest absolute Gasteiger partial charge is 0.341 e. The minimum atomic E-state index is -0.472. The molecule has 0 saturated carbocycles. The van der Waals surface area contributed by atoms with E-state index in [0.717, 1.165) is 23.0 Å². The zero-order chi connectivity index (χ0) is 19.4. The van der Waals surface area contributed by atoms with Crippen LogP contribution in [-0.2, 0) is 17.9 Å². The van der Waals surface area contributed by atoms with Crippen molar-refractivity contribution >= 4 is 5.91 Å². The van der Waals surface area contributed by atoms with Crippen molar-refractivity contribution in [2.75, 3.05) is 13.1 Å². The van der Waals surface area contributed by atoms with E-state index in [1.807, 2.05) is 37.3 Å². The lowest BCUT2D eigenvalue weighted by atomic mass is 9.92. The summed E-state index contributed by atoms with van der Waals surface area (Å²) in [6.07, 6.45) is 3.36. The maximum Gasteiger partial charge on any atom is 0.331 e. The first kappa shape index (κ1) is 19.1. The monoisotopic (exact) mass is 370 g/mol. The van der Waals surface area contributed by atoms with Gasteiger partial charge in [0.05, 0.1) is 6.54 Å². The Morgan fingerprint density at radius 3 is 2.67 bits per heavy atom. The molecule has 2 N–H and O–H groups in total. The SMILES string of the molecule is CC(N)C1CCCN(C(=O)Cn2c(=O)ccn(Cc3ccccc3)c2=O)C1. The molecule has 1 aromatic carbocycles. The average molecular weight is 370 g/mol. The maximum absolute atomic E-state index is 12.7. The predicted octanol–water partition coefficient (Wildman–Crippen LogP) is 0.644. The molecule has 3 rings (SSSR count). The second kappa shape index (κ2) is 8.35. The van der Waals surface area contributed by atoms with E-state index < -0.39 is 11.2 Å². The maximum atomic E-state index is 12.7. The van der Waals surface area contributed by atoms with Crippen molar-refractivity contribution in [3.05, 3.63) is 69.0 Å². The smallest absolute Gasteiger partial charge is 0.331 e. The molecule has 0 bridgehead atoms. The van der Waals surface area contributed by atoms with Gasteiger partial charge in [-0.05, 0) is 31.2 Å². The summed E-state index contributed by atoms with van der Waals surface area (Å²) in [4.78, 5) is 39.3. The number of nitrogens with zero attached hydrogens (tertiary/aromatic N) is 3. The van der Waals surface area contributed by atoms with Crippen LogP contribution in [-0.4, -0.2) is 39.1 Å². The fourth-order valence-corrected chi connectivity index (χ4v) is 3.50. The second-order valence-corrected chi connectivity index (χ2v) is 7.24.